The maximum Gasteiger partial charge on any atom is 0.302 e. The summed E-state index contributed by atoms with van der Waals surface area (Å²) in [6.07, 6.45) is 0.882. The molecule has 2 unspecified atom stereocenters. The van der Waals surface area contributed by atoms with Crippen molar-refractivity contribution in [2.75, 3.05) is 26.2 Å². The Morgan fingerprint density at radius 2 is 1.71 bits per heavy atom. The zero-order valence-corrected chi connectivity index (χ0v) is 11.1. The molecule has 0 saturated heterocycles. The van der Waals surface area contributed by atoms with E-state index in [0.29, 0.717) is 19.7 Å². The highest BCUT2D eigenvalue weighted by atomic mass is 16.5. The Morgan fingerprint density at radius 1 is 1.18 bits per heavy atom. The van der Waals surface area contributed by atoms with Gasteiger partial charge in [0.05, 0.1) is 18.8 Å². The Bertz CT molecular complexity index is 197. The van der Waals surface area contributed by atoms with Crippen molar-refractivity contribution in [1.29, 1.82) is 0 Å². The predicted octanol–water partition coefficient (Wildman–Crippen LogP) is 0.393. The molecule has 0 aromatic carbocycles. The second-order valence-corrected chi connectivity index (χ2v) is 4.50. The lowest BCUT2D eigenvalue weighted by Gasteiger charge is -2.24. The second kappa shape index (κ2) is 9.39. The van der Waals surface area contributed by atoms with Gasteiger partial charge in [-0.3, -0.25) is 9.69 Å². The predicted molar refractivity (Wildman–Crippen MR) is 65.7 cm³/mol. The van der Waals surface area contributed by atoms with Crippen LogP contribution in [0.5, 0.6) is 0 Å². The number of hydrogen-bond donors (Lipinski definition) is 2. The van der Waals surface area contributed by atoms with Crippen LogP contribution in [0, 0.1) is 0 Å². The number of aliphatic hydroxyl groups is 2. The van der Waals surface area contributed by atoms with Crippen molar-refractivity contribution in [2.24, 2.45) is 0 Å². The van der Waals surface area contributed by atoms with Crippen molar-refractivity contribution in [2.45, 2.75) is 45.8 Å². The van der Waals surface area contributed by atoms with Crippen molar-refractivity contribution < 1.29 is 19.7 Å². The molecule has 0 fully saturated rings. The van der Waals surface area contributed by atoms with Gasteiger partial charge in [0.15, 0.2) is 0 Å². The molecule has 17 heavy (non-hydrogen) atoms. The summed E-state index contributed by atoms with van der Waals surface area (Å²) in [6, 6.07) is 0. The monoisotopic (exact) mass is 247 g/mol. The van der Waals surface area contributed by atoms with Crippen LogP contribution in [-0.4, -0.2) is 59.5 Å². The minimum absolute atomic E-state index is 0.255. The molecular weight excluding hydrogens is 222 g/mol. The quantitative estimate of drug-likeness (QED) is 0.456. The summed E-state index contributed by atoms with van der Waals surface area (Å²) < 4.78 is 4.83. The van der Waals surface area contributed by atoms with Crippen LogP contribution in [0.2, 0.25) is 0 Å². The van der Waals surface area contributed by atoms with Crippen LogP contribution in [0.3, 0.4) is 0 Å². The van der Waals surface area contributed by atoms with E-state index in [1.54, 1.807) is 13.8 Å². The van der Waals surface area contributed by atoms with E-state index in [1.807, 2.05) is 4.90 Å². The van der Waals surface area contributed by atoms with Gasteiger partial charge in [0.1, 0.15) is 0 Å². The fourth-order valence-corrected chi connectivity index (χ4v) is 1.66. The standard InChI is InChI=1S/C12H25NO4/c1-10(14)8-13(9-11(2)15)6-4-5-7-17-12(3)16/h10-11,14-15H,4-9H2,1-3H3. The van der Waals surface area contributed by atoms with Gasteiger partial charge in [-0.1, -0.05) is 0 Å². The van der Waals surface area contributed by atoms with E-state index >= 15 is 0 Å². The Morgan fingerprint density at radius 3 is 2.12 bits per heavy atom. The molecule has 5 nitrogen and oxygen atoms in total. The number of carbonyl (C=O) groups is 1. The van der Waals surface area contributed by atoms with E-state index in [-0.39, 0.29) is 5.97 Å². The Balaban J connectivity index is 3.71. The highest BCUT2D eigenvalue weighted by molar-refractivity contribution is 5.65. The number of unbranched alkanes of at least 4 members (excludes halogenated alkanes) is 1. The molecular formula is C12H25NO4. The summed E-state index contributed by atoms with van der Waals surface area (Å²) in [4.78, 5) is 12.5. The number of nitrogens with zero attached hydrogens (tertiary/aromatic N) is 1. The summed E-state index contributed by atoms with van der Waals surface area (Å²) in [5.41, 5.74) is 0. The highest BCUT2D eigenvalue weighted by Gasteiger charge is 2.10. The first-order valence-electron chi connectivity index (χ1n) is 6.13. The SMILES string of the molecule is CC(=O)OCCCCN(CC(C)O)CC(C)O. The second-order valence-electron chi connectivity index (χ2n) is 4.50. The Hall–Kier alpha value is -0.650. The lowest BCUT2D eigenvalue weighted by Crippen LogP contribution is -2.37. The molecule has 0 aliphatic heterocycles. The molecule has 0 rings (SSSR count). The van der Waals surface area contributed by atoms with Crippen LogP contribution in [0.4, 0.5) is 0 Å². The van der Waals surface area contributed by atoms with Crippen LogP contribution in [-0.2, 0) is 9.53 Å². The molecule has 102 valence electrons. The molecule has 0 heterocycles. The largest absolute Gasteiger partial charge is 0.466 e. The fraction of sp³-hybridized carbons (Fsp3) is 0.917. The molecule has 0 saturated carbocycles. The third-order valence-corrected chi connectivity index (χ3v) is 2.22. The molecule has 0 radical (unpaired) electrons. The van der Waals surface area contributed by atoms with E-state index in [0.717, 1.165) is 19.4 Å². The molecule has 2 atom stereocenters. The zero-order valence-electron chi connectivity index (χ0n) is 11.1. The molecule has 0 amide bonds. The molecule has 2 N–H and O–H groups in total. The molecule has 0 aromatic rings. The number of rotatable bonds is 9. The summed E-state index contributed by atoms with van der Waals surface area (Å²) >= 11 is 0. The third-order valence-electron chi connectivity index (χ3n) is 2.22. The van der Waals surface area contributed by atoms with E-state index in [4.69, 9.17) is 4.74 Å². The van der Waals surface area contributed by atoms with Gasteiger partial charge in [0.25, 0.3) is 0 Å². The van der Waals surface area contributed by atoms with Gasteiger partial charge in [-0.15, -0.1) is 0 Å². The number of ether oxygens (including phenoxy) is 1. The number of hydrogen-bond acceptors (Lipinski definition) is 5. The van der Waals surface area contributed by atoms with Crippen LogP contribution in [0.1, 0.15) is 33.6 Å². The summed E-state index contributed by atoms with van der Waals surface area (Å²) in [7, 11) is 0. The molecule has 0 aliphatic rings. The van der Waals surface area contributed by atoms with E-state index in [2.05, 4.69) is 0 Å². The third kappa shape index (κ3) is 11.6. The van der Waals surface area contributed by atoms with Crippen molar-refractivity contribution in [1.82, 2.24) is 4.90 Å². The molecule has 0 spiro atoms. The first kappa shape index (κ1) is 16.4. The molecule has 0 aromatic heterocycles. The molecule has 5 heteroatoms. The van der Waals surface area contributed by atoms with Gasteiger partial charge in [-0.2, -0.15) is 0 Å². The summed E-state index contributed by atoms with van der Waals surface area (Å²) in [5, 5.41) is 18.6. The van der Waals surface area contributed by atoms with Crippen molar-refractivity contribution in [3.05, 3.63) is 0 Å². The van der Waals surface area contributed by atoms with Gasteiger partial charge in [0, 0.05) is 20.0 Å². The summed E-state index contributed by atoms with van der Waals surface area (Å²) in [5.74, 6) is -0.255. The average molecular weight is 247 g/mol. The van der Waals surface area contributed by atoms with Crippen molar-refractivity contribution in [3.8, 4) is 0 Å². The lowest BCUT2D eigenvalue weighted by atomic mass is 10.2. The Labute approximate surface area is 103 Å². The van der Waals surface area contributed by atoms with Gasteiger partial charge in [0.2, 0.25) is 0 Å². The number of esters is 1. The normalized spacial score (nSPS) is 14.7. The maximum atomic E-state index is 10.5. The van der Waals surface area contributed by atoms with E-state index in [9.17, 15) is 15.0 Å². The zero-order chi connectivity index (χ0) is 13.3. The first-order chi connectivity index (χ1) is 7.91. The van der Waals surface area contributed by atoms with Gasteiger partial charge in [-0.05, 0) is 33.2 Å². The van der Waals surface area contributed by atoms with E-state index < -0.39 is 12.2 Å². The topological polar surface area (TPSA) is 70.0 Å². The minimum atomic E-state index is -0.401. The van der Waals surface area contributed by atoms with Crippen molar-refractivity contribution >= 4 is 5.97 Å². The number of carbonyl (C=O) groups excluding carboxylic acids is 1. The fourth-order valence-electron chi connectivity index (χ4n) is 1.66. The van der Waals surface area contributed by atoms with Crippen LogP contribution >= 0.6 is 0 Å². The van der Waals surface area contributed by atoms with E-state index in [1.165, 1.54) is 6.92 Å². The minimum Gasteiger partial charge on any atom is -0.466 e. The van der Waals surface area contributed by atoms with Gasteiger partial charge < -0.3 is 14.9 Å². The van der Waals surface area contributed by atoms with Crippen LogP contribution < -0.4 is 0 Å². The highest BCUT2D eigenvalue weighted by Crippen LogP contribution is 2.00. The van der Waals surface area contributed by atoms with Crippen LogP contribution in [0.15, 0.2) is 0 Å². The maximum absolute atomic E-state index is 10.5. The van der Waals surface area contributed by atoms with Gasteiger partial charge >= 0.3 is 5.97 Å². The average Bonchev–Trinajstić information content (AvgIpc) is 2.14. The lowest BCUT2D eigenvalue weighted by molar-refractivity contribution is -0.141. The first-order valence-corrected chi connectivity index (χ1v) is 6.13. The Kier molecular flexibility index (Phi) is 9.03. The van der Waals surface area contributed by atoms with Crippen LogP contribution in [0.25, 0.3) is 0 Å². The molecule has 0 aliphatic carbocycles. The summed E-state index contributed by atoms with van der Waals surface area (Å²) in [6.45, 7) is 7.19. The molecule has 0 bridgehead atoms. The van der Waals surface area contributed by atoms with Crippen molar-refractivity contribution in [3.63, 3.8) is 0 Å². The number of aliphatic hydroxyl groups excluding tert-OH is 2. The smallest absolute Gasteiger partial charge is 0.302 e. The van der Waals surface area contributed by atoms with Gasteiger partial charge in [-0.25, -0.2) is 0 Å².